The van der Waals surface area contributed by atoms with Crippen molar-refractivity contribution in [2.45, 2.75) is 25.4 Å². The SMILES string of the molecule is [CH2]CC(COC(=O)CCOc1ccccc1)OC(=O)CCOc1ccccc1. The highest BCUT2D eigenvalue weighted by atomic mass is 16.6. The lowest BCUT2D eigenvalue weighted by molar-refractivity contribution is -0.159. The van der Waals surface area contributed by atoms with Gasteiger partial charge < -0.3 is 18.9 Å². The van der Waals surface area contributed by atoms with E-state index in [2.05, 4.69) is 6.92 Å². The molecule has 0 aliphatic heterocycles. The molecular formula is C22H25O6. The van der Waals surface area contributed by atoms with Gasteiger partial charge >= 0.3 is 11.9 Å². The number of hydrogen-bond acceptors (Lipinski definition) is 6. The molecule has 2 aromatic rings. The molecule has 0 N–H and O–H groups in total. The summed E-state index contributed by atoms with van der Waals surface area (Å²) in [6, 6.07) is 18.4. The molecule has 1 atom stereocenters. The quantitative estimate of drug-likeness (QED) is 0.520. The van der Waals surface area contributed by atoms with Crippen molar-refractivity contribution in [1.29, 1.82) is 0 Å². The van der Waals surface area contributed by atoms with Crippen molar-refractivity contribution in [1.82, 2.24) is 0 Å². The topological polar surface area (TPSA) is 71.1 Å². The van der Waals surface area contributed by atoms with Crippen LogP contribution in [0.4, 0.5) is 0 Å². The van der Waals surface area contributed by atoms with Gasteiger partial charge in [0.2, 0.25) is 0 Å². The van der Waals surface area contributed by atoms with Gasteiger partial charge in [-0.2, -0.15) is 0 Å². The van der Waals surface area contributed by atoms with Gasteiger partial charge in [-0.1, -0.05) is 36.4 Å². The third-order valence-corrected chi connectivity index (χ3v) is 3.69. The van der Waals surface area contributed by atoms with Gasteiger partial charge in [0.15, 0.2) is 0 Å². The Morgan fingerprint density at radius 3 is 1.79 bits per heavy atom. The van der Waals surface area contributed by atoms with Crippen LogP contribution in [0.3, 0.4) is 0 Å². The molecule has 149 valence electrons. The summed E-state index contributed by atoms with van der Waals surface area (Å²) in [7, 11) is 0. The average molecular weight is 385 g/mol. The zero-order valence-electron chi connectivity index (χ0n) is 15.8. The van der Waals surface area contributed by atoms with Gasteiger partial charge in [-0.15, -0.1) is 0 Å². The van der Waals surface area contributed by atoms with Gasteiger partial charge in [-0.05, 0) is 37.6 Å². The molecule has 28 heavy (non-hydrogen) atoms. The van der Waals surface area contributed by atoms with Crippen LogP contribution in [-0.2, 0) is 19.1 Å². The molecule has 0 aliphatic carbocycles. The summed E-state index contributed by atoms with van der Waals surface area (Å²) in [5.74, 6) is 0.541. The molecular weight excluding hydrogens is 360 g/mol. The van der Waals surface area contributed by atoms with Crippen LogP contribution in [0.2, 0.25) is 0 Å². The Bertz CT molecular complexity index is 701. The fourth-order valence-electron chi connectivity index (χ4n) is 2.22. The molecule has 0 spiro atoms. The van der Waals surface area contributed by atoms with Crippen molar-refractivity contribution in [2.24, 2.45) is 0 Å². The first kappa shape index (κ1) is 21.3. The third-order valence-electron chi connectivity index (χ3n) is 3.69. The normalized spacial score (nSPS) is 11.3. The fourth-order valence-corrected chi connectivity index (χ4v) is 2.22. The molecule has 0 amide bonds. The first-order valence-electron chi connectivity index (χ1n) is 9.17. The Morgan fingerprint density at radius 1 is 0.786 bits per heavy atom. The molecule has 6 nitrogen and oxygen atoms in total. The van der Waals surface area contributed by atoms with E-state index in [-0.39, 0.29) is 32.7 Å². The average Bonchev–Trinajstić information content (AvgIpc) is 2.72. The summed E-state index contributed by atoms with van der Waals surface area (Å²) in [6.45, 7) is 4.12. The summed E-state index contributed by atoms with van der Waals surface area (Å²) in [4.78, 5) is 23.7. The highest BCUT2D eigenvalue weighted by Gasteiger charge is 2.15. The smallest absolute Gasteiger partial charge is 0.309 e. The molecule has 2 aromatic carbocycles. The highest BCUT2D eigenvalue weighted by molar-refractivity contribution is 5.70. The van der Waals surface area contributed by atoms with Crippen LogP contribution < -0.4 is 9.47 Å². The molecule has 2 rings (SSSR count). The number of hydrogen-bond donors (Lipinski definition) is 0. The number of carbonyl (C=O) groups is 2. The van der Waals surface area contributed by atoms with E-state index in [1.54, 1.807) is 0 Å². The molecule has 1 radical (unpaired) electrons. The van der Waals surface area contributed by atoms with E-state index in [4.69, 9.17) is 18.9 Å². The van der Waals surface area contributed by atoms with E-state index in [9.17, 15) is 9.59 Å². The van der Waals surface area contributed by atoms with Gasteiger partial charge in [-0.3, -0.25) is 9.59 Å². The van der Waals surface area contributed by atoms with Crippen molar-refractivity contribution in [3.8, 4) is 11.5 Å². The lowest BCUT2D eigenvalue weighted by Crippen LogP contribution is -2.26. The molecule has 0 aromatic heterocycles. The number of ether oxygens (including phenoxy) is 4. The van der Waals surface area contributed by atoms with Crippen LogP contribution in [-0.4, -0.2) is 37.9 Å². The maximum atomic E-state index is 11.9. The third kappa shape index (κ3) is 8.58. The molecule has 6 heteroatoms. The maximum Gasteiger partial charge on any atom is 0.309 e. The van der Waals surface area contributed by atoms with E-state index >= 15 is 0 Å². The number of carbonyl (C=O) groups excluding carboxylic acids is 2. The van der Waals surface area contributed by atoms with Crippen LogP contribution in [0.5, 0.6) is 11.5 Å². The Kier molecular flexibility index (Phi) is 9.41. The van der Waals surface area contributed by atoms with E-state index in [1.165, 1.54) is 0 Å². The molecule has 0 saturated carbocycles. The zero-order chi connectivity index (χ0) is 20.0. The van der Waals surface area contributed by atoms with Crippen molar-refractivity contribution in [3.05, 3.63) is 67.6 Å². The molecule has 0 fully saturated rings. The van der Waals surface area contributed by atoms with Crippen LogP contribution in [0.15, 0.2) is 60.7 Å². The van der Waals surface area contributed by atoms with Gasteiger partial charge in [0.05, 0.1) is 26.1 Å². The largest absolute Gasteiger partial charge is 0.493 e. The summed E-state index contributed by atoms with van der Waals surface area (Å²) in [5, 5.41) is 0. The summed E-state index contributed by atoms with van der Waals surface area (Å²) >= 11 is 0. The van der Waals surface area contributed by atoms with Crippen molar-refractivity contribution in [2.75, 3.05) is 19.8 Å². The summed E-state index contributed by atoms with van der Waals surface area (Å²) < 4.78 is 21.3. The number of esters is 2. The molecule has 0 heterocycles. The van der Waals surface area contributed by atoms with E-state index in [0.717, 1.165) is 0 Å². The molecule has 1 unspecified atom stereocenters. The van der Waals surface area contributed by atoms with Gasteiger partial charge in [0.1, 0.15) is 24.2 Å². The van der Waals surface area contributed by atoms with Crippen molar-refractivity contribution >= 4 is 11.9 Å². The summed E-state index contributed by atoms with van der Waals surface area (Å²) in [5.41, 5.74) is 0. The highest BCUT2D eigenvalue weighted by Crippen LogP contribution is 2.10. The minimum atomic E-state index is -0.580. The van der Waals surface area contributed by atoms with E-state index in [0.29, 0.717) is 17.9 Å². The van der Waals surface area contributed by atoms with Crippen LogP contribution in [0, 0.1) is 6.92 Å². The van der Waals surface area contributed by atoms with Crippen molar-refractivity contribution < 1.29 is 28.5 Å². The summed E-state index contributed by atoms with van der Waals surface area (Å²) in [6.07, 6.45) is -0.0655. The first-order chi connectivity index (χ1) is 13.7. The number of benzene rings is 2. The number of para-hydroxylation sites is 2. The van der Waals surface area contributed by atoms with E-state index < -0.39 is 18.0 Å². The van der Waals surface area contributed by atoms with Gasteiger partial charge in [0, 0.05) is 0 Å². The Labute approximate surface area is 165 Å². The number of rotatable bonds is 12. The maximum absolute atomic E-state index is 11.9. The minimum Gasteiger partial charge on any atom is -0.493 e. The second-order valence-corrected chi connectivity index (χ2v) is 5.91. The molecule has 0 bridgehead atoms. The Hall–Kier alpha value is -3.02. The zero-order valence-corrected chi connectivity index (χ0v) is 15.8. The molecule has 0 saturated heterocycles. The minimum absolute atomic E-state index is 0.0288. The predicted octanol–water partition coefficient (Wildman–Crippen LogP) is 3.60. The van der Waals surface area contributed by atoms with Crippen LogP contribution >= 0.6 is 0 Å². The van der Waals surface area contributed by atoms with E-state index in [1.807, 2.05) is 60.7 Å². The predicted molar refractivity (Wildman–Crippen MR) is 104 cm³/mol. The second kappa shape index (κ2) is 12.4. The fraction of sp³-hybridized carbons (Fsp3) is 0.318. The van der Waals surface area contributed by atoms with Crippen molar-refractivity contribution in [3.63, 3.8) is 0 Å². The monoisotopic (exact) mass is 385 g/mol. The van der Waals surface area contributed by atoms with Crippen LogP contribution in [0.1, 0.15) is 19.3 Å². The standard InChI is InChI=1S/C22H25O6/c1-2-18(28-22(24)14-16-26-20-11-7-4-8-12-20)17-27-21(23)13-15-25-19-9-5-3-6-10-19/h3-12,18H,1-2,13-17H2. The lowest BCUT2D eigenvalue weighted by atomic mass is 10.3. The first-order valence-corrected chi connectivity index (χ1v) is 9.17. The Morgan fingerprint density at radius 2 is 1.29 bits per heavy atom. The lowest BCUT2D eigenvalue weighted by Gasteiger charge is -2.16. The van der Waals surface area contributed by atoms with Gasteiger partial charge in [-0.25, -0.2) is 0 Å². The van der Waals surface area contributed by atoms with Crippen LogP contribution in [0.25, 0.3) is 0 Å². The molecule has 0 aliphatic rings. The second-order valence-electron chi connectivity index (χ2n) is 5.91. The Balaban J connectivity index is 1.58. The van der Waals surface area contributed by atoms with Gasteiger partial charge in [0.25, 0.3) is 0 Å².